The number of hydrogen-bond acceptors (Lipinski definition) is 7. The lowest BCUT2D eigenvalue weighted by Crippen LogP contribution is -2.23. The first-order valence-electron chi connectivity index (χ1n) is 6.81. The molecule has 0 aromatic heterocycles. The number of carbonyl (C=O) groups excluding carboxylic acids is 2. The minimum atomic E-state index is -0.748. The number of nitrogens with zero attached hydrogens (tertiary/aromatic N) is 3. The zero-order valence-electron chi connectivity index (χ0n) is 13.0. The van der Waals surface area contributed by atoms with Crippen molar-refractivity contribution in [2.24, 2.45) is 21.5 Å². The maximum absolute atomic E-state index is 12.1. The van der Waals surface area contributed by atoms with Crippen molar-refractivity contribution in [3.63, 3.8) is 0 Å². The number of anilines is 1. The van der Waals surface area contributed by atoms with Crippen LogP contribution in [0.5, 0.6) is 5.75 Å². The number of nitro benzene ring substituents is 1. The summed E-state index contributed by atoms with van der Waals surface area (Å²) in [5, 5.41) is 12.6. The lowest BCUT2D eigenvalue weighted by Gasteiger charge is -2.11. The van der Waals surface area contributed by atoms with Crippen molar-refractivity contribution in [1.82, 2.24) is 0 Å². The fourth-order valence-electron chi connectivity index (χ4n) is 1.93. The molecule has 2 amide bonds. The maximum Gasteiger partial charge on any atom is 0.273 e. The van der Waals surface area contributed by atoms with Gasteiger partial charge in [0.05, 0.1) is 23.8 Å². The Morgan fingerprint density at radius 3 is 2.84 bits per heavy atom. The summed E-state index contributed by atoms with van der Waals surface area (Å²) >= 11 is 0.974. The number of nitro groups is 1. The molecule has 0 bridgehead atoms. The van der Waals surface area contributed by atoms with Crippen LogP contribution in [0.3, 0.4) is 0 Å². The molecule has 0 saturated carbocycles. The molecular formula is C13H14N6O5S. The van der Waals surface area contributed by atoms with E-state index < -0.39 is 22.0 Å². The summed E-state index contributed by atoms with van der Waals surface area (Å²) in [6, 6.07) is 3.76. The van der Waals surface area contributed by atoms with Crippen LogP contribution in [0.2, 0.25) is 0 Å². The summed E-state index contributed by atoms with van der Waals surface area (Å²) in [7, 11) is 1.32. The van der Waals surface area contributed by atoms with Crippen LogP contribution in [0.4, 0.5) is 11.4 Å². The molecule has 25 heavy (non-hydrogen) atoms. The highest BCUT2D eigenvalue weighted by Gasteiger charge is 2.30. The second-order valence-corrected chi connectivity index (χ2v) is 5.94. The summed E-state index contributed by atoms with van der Waals surface area (Å²) in [6.45, 7) is 0. The van der Waals surface area contributed by atoms with Gasteiger partial charge in [-0.2, -0.15) is 9.98 Å². The molecule has 1 unspecified atom stereocenters. The Morgan fingerprint density at radius 2 is 2.24 bits per heavy atom. The van der Waals surface area contributed by atoms with Gasteiger partial charge in [0.15, 0.2) is 11.1 Å². The SMILES string of the molecule is COc1cc([N+](=O)[O-])ccc1NC(=O)CC1SC(N=C(N)N)=NC1=O. The van der Waals surface area contributed by atoms with Crippen LogP contribution in [-0.4, -0.2) is 40.2 Å². The molecule has 1 atom stereocenters. The van der Waals surface area contributed by atoms with Crippen LogP contribution in [0.1, 0.15) is 6.42 Å². The van der Waals surface area contributed by atoms with Crippen molar-refractivity contribution < 1.29 is 19.2 Å². The molecule has 0 radical (unpaired) electrons. The van der Waals surface area contributed by atoms with Crippen molar-refractivity contribution in [2.45, 2.75) is 11.7 Å². The number of nitrogens with one attached hydrogen (secondary N) is 1. The van der Waals surface area contributed by atoms with E-state index in [0.29, 0.717) is 0 Å². The number of methoxy groups -OCH3 is 1. The van der Waals surface area contributed by atoms with E-state index in [0.717, 1.165) is 11.8 Å². The van der Waals surface area contributed by atoms with Gasteiger partial charge in [-0.25, -0.2) is 0 Å². The molecule has 5 N–H and O–H groups in total. The summed E-state index contributed by atoms with van der Waals surface area (Å²) < 4.78 is 5.03. The second kappa shape index (κ2) is 7.61. The quantitative estimate of drug-likeness (QED) is 0.286. The Labute approximate surface area is 145 Å². The van der Waals surface area contributed by atoms with Gasteiger partial charge in [0.25, 0.3) is 11.6 Å². The van der Waals surface area contributed by atoms with E-state index in [1.54, 1.807) is 0 Å². The zero-order valence-corrected chi connectivity index (χ0v) is 13.8. The average molecular weight is 366 g/mol. The summed E-state index contributed by atoms with van der Waals surface area (Å²) in [5.41, 5.74) is 10.5. The van der Waals surface area contributed by atoms with Crippen molar-refractivity contribution in [3.05, 3.63) is 28.3 Å². The molecule has 0 spiro atoms. The van der Waals surface area contributed by atoms with E-state index >= 15 is 0 Å². The highest BCUT2D eigenvalue weighted by molar-refractivity contribution is 8.15. The molecule has 0 fully saturated rings. The monoisotopic (exact) mass is 366 g/mol. The molecule has 11 nitrogen and oxygen atoms in total. The van der Waals surface area contributed by atoms with Crippen molar-refractivity contribution in [3.8, 4) is 5.75 Å². The Morgan fingerprint density at radius 1 is 1.52 bits per heavy atom. The summed E-state index contributed by atoms with van der Waals surface area (Å²) in [6.07, 6.45) is -0.170. The van der Waals surface area contributed by atoms with Crippen LogP contribution in [0, 0.1) is 10.1 Å². The molecular weight excluding hydrogens is 352 g/mol. The molecule has 2 rings (SSSR count). The van der Waals surface area contributed by atoms with Gasteiger partial charge in [-0.15, -0.1) is 0 Å². The van der Waals surface area contributed by atoms with E-state index in [4.69, 9.17) is 16.2 Å². The van der Waals surface area contributed by atoms with Crippen molar-refractivity contribution in [1.29, 1.82) is 0 Å². The number of nitrogens with two attached hydrogens (primary N) is 2. The highest BCUT2D eigenvalue weighted by atomic mass is 32.2. The first-order chi connectivity index (χ1) is 11.8. The summed E-state index contributed by atoms with van der Waals surface area (Å²) in [4.78, 5) is 41.4. The molecule has 12 heteroatoms. The number of non-ortho nitro benzene ring substituents is 1. The first-order valence-corrected chi connectivity index (χ1v) is 7.69. The number of amides is 2. The van der Waals surface area contributed by atoms with Gasteiger partial charge in [0, 0.05) is 12.5 Å². The van der Waals surface area contributed by atoms with Gasteiger partial charge in [-0.1, -0.05) is 11.8 Å². The molecule has 132 valence electrons. The first kappa shape index (κ1) is 18.2. The largest absolute Gasteiger partial charge is 0.494 e. The Hall–Kier alpha value is -3.15. The standard InChI is InChI=1S/C13H14N6O5S/c1-24-8-4-6(19(22)23)2-3-7(8)16-10(20)5-9-11(21)17-13(25-9)18-12(14)15/h2-4,9H,5H2,1H3,(H,16,20)(H4,14,15,17,18,21). The number of carbonyl (C=O) groups is 2. The third-order valence-corrected chi connectivity index (χ3v) is 4.04. The normalized spacial score (nSPS) is 16.1. The molecule has 0 saturated heterocycles. The van der Waals surface area contributed by atoms with Crippen molar-refractivity contribution in [2.75, 3.05) is 12.4 Å². The van der Waals surface area contributed by atoms with Gasteiger partial charge in [0.1, 0.15) is 11.0 Å². The smallest absolute Gasteiger partial charge is 0.273 e. The number of ether oxygens (including phenoxy) is 1. The predicted octanol–water partition coefficient (Wildman–Crippen LogP) is 0.203. The number of amidine groups is 1. The maximum atomic E-state index is 12.1. The third-order valence-electron chi connectivity index (χ3n) is 2.99. The minimum Gasteiger partial charge on any atom is -0.494 e. The Balaban J connectivity index is 2.03. The van der Waals surface area contributed by atoms with Crippen molar-refractivity contribution >= 4 is 46.1 Å². The topological polar surface area (TPSA) is 175 Å². The van der Waals surface area contributed by atoms with E-state index in [-0.39, 0.29) is 34.7 Å². The molecule has 1 aliphatic rings. The third kappa shape index (κ3) is 4.67. The molecule has 1 aliphatic heterocycles. The number of thioether (sulfide) groups is 1. The number of rotatable bonds is 5. The van der Waals surface area contributed by atoms with Crippen LogP contribution < -0.4 is 21.5 Å². The average Bonchev–Trinajstić information content (AvgIpc) is 2.85. The van der Waals surface area contributed by atoms with Gasteiger partial charge >= 0.3 is 0 Å². The minimum absolute atomic E-state index is 0.0933. The number of hydrogen-bond donors (Lipinski definition) is 3. The highest BCUT2D eigenvalue weighted by Crippen LogP contribution is 2.30. The lowest BCUT2D eigenvalue weighted by atomic mass is 10.2. The summed E-state index contributed by atoms with van der Waals surface area (Å²) in [5.74, 6) is -1.11. The van der Waals surface area contributed by atoms with E-state index in [2.05, 4.69) is 15.3 Å². The number of guanidine groups is 1. The number of benzene rings is 1. The van der Waals surface area contributed by atoms with E-state index in [1.807, 2.05) is 0 Å². The van der Waals surface area contributed by atoms with Crippen LogP contribution in [0.15, 0.2) is 28.2 Å². The van der Waals surface area contributed by atoms with Gasteiger partial charge in [-0.3, -0.25) is 19.7 Å². The van der Waals surface area contributed by atoms with Crippen LogP contribution in [0.25, 0.3) is 0 Å². The zero-order chi connectivity index (χ0) is 18.6. The van der Waals surface area contributed by atoms with E-state index in [1.165, 1.54) is 25.3 Å². The van der Waals surface area contributed by atoms with Gasteiger partial charge in [0.2, 0.25) is 5.91 Å². The van der Waals surface area contributed by atoms with Gasteiger partial charge < -0.3 is 21.5 Å². The van der Waals surface area contributed by atoms with Gasteiger partial charge in [-0.05, 0) is 6.07 Å². The fraction of sp³-hybridized carbons (Fsp3) is 0.231. The van der Waals surface area contributed by atoms with E-state index in [9.17, 15) is 19.7 Å². The van der Waals surface area contributed by atoms with Crippen LogP contribution >= 0.6 is 11.8 Å². The second-order valence-electron chi connectivity index (χ2n) is 4.77. The Bertz CT molecular complexity index is 789. The Kier molecular flexibility index (Phi) is 5.54. The molecule has 0 aliphatic carbocycles. The molecule has 1 aromatic carbocycles. The molecule has 1 heterocycles. The lowest BCUT2D eigenvalue weighted by molar-refractivity contribution is -0.384. The number of aliphatic imine (C=N–C) groups is 2. The van der Waals surface area contributed by atoms with Crippen LogP contribution in [-0.2, 0) is 9.59 Å². The molecule has 1 aromatic rings. The predicted molar refractivity (Wildman–Crippen MR) is 92.5 cm³/mol. The fourth-order valence-corrected chi connectivity index (χ4v) is 2.87.